The Morgan fingerprint density at radius 3 is 2.59 bits per heavy atom. The van der Waals surface area contributed by atoms with Crippen molar-refractivity contribution in [3.05, 3.63) is 74.9 Å². The molecule has 7 nitrogen and oxygen atoms in total. The molecule has 0 radical (unpaired) electrons. The number of primary amides is 1. The lowest BCUT2D eigenvalue weighted by molar-refractivity contribution is -0.115. The number of nitrogens with two attached hydrogens (primary N) is 1. The Kier molecular flexibility index (Phi) is 8.33. The molecule has 1 atom stereocenters. The Labute approximate surface area is 231 Å². The Bertz CT molecular complexity index is 1310. The van der Waals surface area contributed by atoms with Crippen LogP contribution in [0.5, 0.6) is 5.75 Å². The summed E-state index contributed by atoms with van der Waals surface area (Å²) < 4.78 is 8.95. The fraction of sp³-hybridized carbons (Fsp3) is 0.393. The van der Waals surface area contributed by atoms with Crippen LogP contribution in [-0.2, 0) is 16.8 Å². The maximum Gasteiger partial charge on any atom is 0.248 e. The monoisotopic (exact) mass is 583 g/mol. The summed E-state index contributed by atoms with van der Waals surface area (Å²) in [6.45, 7) is 11.0. The Morgan fingerprint density at radius 1 is 1.22 bits per heavy atom. The minimum absolute atomic E-state index is 0.0891. The van der Waals surface area contributed by atoms with Crippen molar-refractivity contribution in [3.63, 3.8) is 0 Å². The van der Waals surface area contributed by atoms with Gasteiger partial charge in [-0.1, -0.05) is 86.1 Å². The third-order valence-electron chi connectivity index (χ3n) is 6.31. The first-order valence-corrected chi connectivity index (χ1v) is 14.2. The van der Waals surface area contributed by atoms with E-state index in [0.717, 1.165) is 34.2 Å². The van der Waals surface area contributed by atoms with E-state index in [0.29, 0.717) is 34.7 Å². The van der Waals surface area contributed by atoms with Gasteiger partial charge in [-0.2, -0.15) is 4.98 Å². The van der Waals surface area contributed by atoms with Crippen molar-refractivity contribution in [2.24, 2.45) is 5.73 Å². The highest BCUT2D eigenvalue weighted by atomic mass is 79.9. The zero-order valence-electron chi connectivity index (χ0n) is 22.0. The third-order valence-corrected chi connectivity index (χ3v) is 7.73. The lowest BCUT2D eigenvalue weighted by atomic mass is 9.87. The van der Waals surface area contributed by atoms with Crippen molar-refractivity contribution < 1.29 is 9.53 Å². The molecule has 4 rings (SSSR count). The second kappa shape index (κ2) is 11.3. The van der Waals surface area contributed by atoms with Crippen LogP contribution in [0.3, 0.4) is 0 Å². The third kappa shape index (κ3) is 6.21. The molecule has 196 valence electrons. The van der Waals surface area contributed by atoms with E-state index in [1.165, 1.54) is 5.56 Å². The van der Waals surface area contributed by atoms with E-state index in [1.807, 2.05) is 25.1 Å². The molecule has 3 aromatic rings. The average molecular weight is 585 g/mol. The standard InChI is InChI=1S/C28H34BrN5O2S/c1-6-7-14-37-27-32-26-31-17(2)23(25(30)35)24(34(26)33-27)21-15-20(29)12-13-22(21)36-16-18-8-10-19(11-9-18)28(3,4)5/h8-13,15,24H,6-7,14,16H2,1-5H3,(H2,30,35)(H,31,32,33). The van der Waals surface area contributed by atoms with Crippen LogP contribution in [0.1, 0.15) is 70.2 Å². The van der Waals surface area contributed by atoms with E-state index in [9.17, 15) is 4.79 Å². The van der Waals surface area contributed by atoms with Crippen molar-refractivity contribution in [2.75, 3.05) is 11.1 Å². The number of rotatable bonds is 9. The summed E-state index contributed by atoms with van der Waals surface area (Å²) >= 11 is 5.20. The highest BCUT2D eigenvalue weighted by molar-refractivity contribution is 9.10. The number of ether oxygens (including phenoxy) is 1. The number of anilines is 1. The maximum absolute atomic E-state index is 12.7. The lowest BCUT2D eigenvalue weighted by Crippen LogP contribution is -2.32. The molecular formula is C28H34BrN5O2S. The molecule has 0 bridgehead atoms. The summed E-state index contributed by atoms with van der Waals surface area (Å²) in [4.78, 5) is 17.4. The van der Waals surface area contributed by atoms with Gasteiger partial charge in [0.25, 0.3) is 0 Å². The van der Waals surface area contributed by atoms with Crippen LogP contribution in [0.15, 0.2) is 63.4 Å². The van der Waals surface area contributed by atoms with Crippen molar-refractivity contribution in [1.82, 2.24) is 14.8 Å². The number of carbonyl (C=O) groups excluding carboxylic acids is 1. The Morgan fingerprint density at radius 2 is 1.95 bits per heavy atom. The minimum Gasteiger partial charge on any atom is -0.489 e. The molecule has 0 saturated carbocycles. The van der Waals surface area contributed by atoms with Gasteiger partial charge in [0.1, 0.15) is 18.4 Å². The largest absolute Gasteiger partial charge is 0.489 e. The van der Waals surface area contributed by atoms with Crippen LogP contribution in [0, 0.1) is 0 Å². The fourth-order valence-corrected chi connectivity index (χ4v) is 5.52. The molecule has 2 heterocycles. The molecule has 1 aromatic heterocycles. The van der Waals surface area contributed by atoms with E-state index in [1.54, 1.807) is 16.4 Å². The smallest absolute Gasteiger partial charge is 0.248 e. The summed E-state index contributed by atoms with van der Waals surface area (Å²) in [5, 5.41) is 8.64. The summed E-state index contributed by atoms with van der Waals surface area (Å²) in [6.07, 6.45) is 2.18. The van der Waals surface area contributed by atoms with Gasteiger partial charge < -0.3 is 15.8 Å². The number of benzene rings is 2. The van der Waals surface area contributed by atoms with Crippen LogP contribution in [0.4, 0.5) is 5.95 Å². The first-order valence-electron chi connectivity index (χ1n) is 12.5. The molecule has 1 aliphatic rings. The molecule has 0 spiro atoms. The van der Waals surface area contributed by atoms with Crippen molar-refractivity contribution >= 4 is 39.5 Å². The number of unbranched alkanes of at least 4 members (excludes halogenated alkanes) is 1. The Hall–Kier alpha value is -2.78. The molecule has 0 fully saturated rings. The zero-order chi connectivity index (χ0) is 26.7. The maximum atomic E-state index is 12.7. The number of fused-ring (bicyclic) bond motifs is 1. The van der Waals surface area contributed by atoms with Crippen LogP contribution in [0.2, 0.25) is 0 Å². The van der Waals surface area contributed by atoms with Crippen LogP contribution < -0.4 is 15.8 Å². The highest BCUT2D eigenvalue weighted by Gasteiger charge is 2.35. The first kappa shape index (κ1) is 27.3. The molecule has 0 saturated heterocycles. The van der Waals surface area contributed by atoms with E-state index in [-0.39, 0.29) is 5.41 Å². The van der Waals surface area contributed by atoms with Gasteiger partial charge in [-0.25, -0.2) is 4.68 Å². The second-order valence-electron chi connectivity index (χ2n) is 10.2. The van der Waals surface area contributed by atoms with Crippen molar-refractivity contribution in [1.29, 1.82) is 0 Å². The van der Waals surface area contributed by atoms with Gasteiger partial charge >= 0.3 is 0 Å². The van der Waals surface area contributed by atoms with Crippen molar-refractivity contribution in [3.8, 4) is 5.75 Å². The van der Waals surface area contributed by atoms with Gasteiger partial charge in [-0.3, -0.25) is 4.79 Å². The number of thioether (sulfide) groups is 1. The number of nitrogens with one attached hydrogen (secondary N) is 1. The SMILES string of the molecule is CCCCSc1nc2n(n1)C(c1cc(Br)ccc1OCc1ccc(C(C)(C)C)cc1)C(C(N)=O)=C(C)N2. The minimum atomic E-state index is -0.572. The summed E-state index contributed by atoms with van der Waals surface area (Å²) in [6, 6.07) is 13.7. The molecule has 2 aromatic carbocycles. The zero-order valence-corrected chi connectivity index (χ0v) is 24.4. The fourth-order valence-electron chi connectivity index (χ4n) is 4.23. The van der Waals surface area contributed by atoms with Gasteiger partial charge in [-0.05, 0) is 48.1 Å². The number of hydrogen-bond donors (Lipinski definition) is 2. The van der Waals surface area contributed by atoms with E-state index in [2.05, 4.69) is 78.2 Å². The van der Waals surface area contributed by atoms with Crippen LogP contribution in [-0.4, -0.2) is 26.4 Å². The summed E-state index contributed by atoms with van der Waals surface area (Å²) in [5.41, 5.74) is 10.2. The molecule has 1 unspecified atom stereocenters. The van der Waals surface area contributed by atoms with Crippen LogP contribution in [0.25, 0.3) is 0 Å². The number of carbonyl (C=O) groups is 1. The molecule has 1 amide bonds. The molecule has 1 aliphatic heterocycles. The number of amides is 1. The number of halogens is 1. The van der Waals surface area contributed by atoms with E-state index in [4.69, 9.17) is 15.6 Å². The quantitative estimate of drug-likeness (QED) is 0.218. The van der Waals surface area contributed by atoms with Gasteiger partial charge in [0.2, 0.25) is 17.0 Å². The van der Waals surface area contributed by atoms with Gasteiger partial charge in [0, 0.05) is 21.5 Å². The molecule has 9 heteroatoms. The van der Waals surface area contributed by atoms with E-state index < -0.39 is 11.9 Å². The predicted molar refractivity (Wildman–Crippen MR) is 153 cm³/mol. The van der Waals surface area contributed by atoms with Crippen molar-refractivity contribution in [2.45, 2.75) is 70.7 Å². The Balaban J connectivity index is 1.70. The van der Waals surface area contributed by atoms with Crippen LogP contribution >= 0.6 is 27.7 Å². The predicted octanol–water partition coefficient (Wildman–Crippen LogP) is 6.58. The molecule has 0 aliphatic carbocycles. The normalized spacial score (nSPS) is 15.4. The molecule has 3 N–H and O–H groups in total. The number of hydrogen-bond acceptors (Lipinski definition) is 6. The first-order chi connectivity index (χ1) is 17.6. The molecular weight excluding hydrogens is 550 g/mol. The van der Waals surface area contributed by atoms with Gasteiger partial charge in [-0.15, -0.1) is 5.10 Å². The summed E-state index contributed by atoms with van der Waals surface area (Å²) in [5.74, 6) is 1.65. The number of allylic oxidation sites excluding steroid dienone is 1. The number of nitrogens with zero attached hydrogens (tertiary/aromatic N) is 3. The molecule has 37 heavy (non-hydrogen) atoms. The summed E-state index contributed by atoms with van der Waals surface area (Å²) in [7, 11) is 0. The van der Waals surface area contributed by atoms with E-state index >= 15 is 0 Å². The topological polar surface area (TPSA) is 95.1 Å². The highest BCUT2D eigenvalue weighted by Crippen LogP contribution is 2.41. The average Bonchev–Trinajstić information content (AvgIpc) is 3.24. The number of aromatic nitrogens is 3. The van der Waals surface area contributed by atoms with Gasteiger partial charge in [0.15, 0.2) is 0 Å². The second-order valence-corrected chi connectivity index (χ2v) is 12.2. The lowest BCUT2D eigenvalue weighted by Gasteiger charge is -2.29. The van der Waals surface area contributed by atoms with Gasteiger partial charge in [0.05, 0.1) is 5.57 Å².